The predicted octanol–water partition coefficient (Wildman–Crippen LogP) is 2.15. The number of carbonyl (C=O) groups excluding carboxylic acids is 2. The van der Waals surface area contributed by atoms with Crippen LogP contribution in [0.15, 0.2) is 47.5 Å². The summed E-state index contributed by atoms with van der Waals surface area (Å²) in [7, 11) is 2.00. The van der Waals surface area contributed by atoms with E-state index in [2.05, 4.69) is 20.5 Å². The molecule has 0 aromatic carbocycles. The van der Waals surface area contributed by atoms with E-state index >= 15 is 0 Å². The Morgan fingerprint density at radius 1 is 1.24 bits per heavy atom. The van der Waals surface area contributed by atoms with E-state index in [0.29, 0.717) is 18.7 Å². The van der Waals surface area contributed by atoms with Crippen molar-refractivity contribution in [2.45, 2.75) is 25.4 Å². The van der Waals surface area contributed by atoms with E-state index in [1.54, 1.807) is 29.8 Å². The van der Waals surface area contributed by atoms with Gasteiger partial charge in [-0.1, -0.05) is 0 Å². The smallest absolute Gasteiger partial charge is 0.253 e. The third kappa shape index (κ3) is 4.83. The van der Waals surface area contributed by atoms with E-state index in [0.717, 1.165) is 30.6 Å². The summed E-state index contributed by atoms with van der Waals surface area (Å²) in [4.78, 5) is 31.6. The highest BCUT2D eigenvalue weighted by Crippen LogP contribution is 2.17. The molecule has 1 fully saturated rings. The zero-order valence-electron chi connectivity index (χ0n) is 16.4. The predicted molar refractivity (Wildman–Crippen MR) is 113 cm³/mol. The molecule has 3 aromatic rings. The molecule has 2 atom stereocenters. The van der Waals surface area contributed by atoms with E-state index in [9.17, 15) is 9.59 Å². The Bertz CT molecular complexity index is 984. The summed E-state index contributed by atoms with van der Waals surface area (Å²) in [6.45, 7) is 2.00. The number of pyridine rings is 1. The number of rotatable bonds is 5. The van der Waals surface area contributed by atoms with Crippen LogP contribution in [0.2, 0.25) is 0 Å². The number of hydrogen-bond donors (Lipinski definition) is 2. The van der Waals surface area contributed by atoms with Gasteiger partial charge < -0.3 is 19.9 Å². The summed E-state index contributed by atoms with van der Waals surface area (Å²) >= 11 is 1.63. The second-order valence-electron chi connectivity index (χ2n) is 7.63. The highest BCUT2D eigenvalue weighted by molar-refractivity contribution is 7.07. The molecule has 2 amide bonds. The van der Waals surface area contributed by atoms with Gasteiger partial charge in [0.15, 0.2) is 0 Å². The maximum absolute atomic E-state index is 12.7. The van der Waals surface area contributed by atoms with E-state index < -0.39 is 0 Å². The molecule has 29 heavy (non-hydrogen) atoms. The number of likely N-dealkylation sites (N-methyl/N-ethyl adjacent to an activating group) is 1. The van der Waals surface area contributed by atoms with Gasteiger partial charge in [-0.2, -0.15) is 11.3 Å². The molecular formula is C21H25N5O2S. The maximum Gasteiger partial charge on any atom is 0.253 e. The third-order valence-corrected chi connectivity index (χ3v) is 6.06. The minimum Gasteiger partial charge on any atom is -0.352 e. The molecule has 0 spiro atoms. The molecular weight excluding hydrogens is 386 g/mol. The molecule has 0 radical (unpaired) electrons. The van der Waals surface area contributed by atoms with Crippen LogP contribution in [-0.4, -0.2) is 52.3 Å². The van der Waals surface area contributed by atoms with Crippen LogP contribution >= 0.6 is 11.3 Å². The zero-order chi connectivity index (χ0) is 20.2. The lowest BCUT2D eigenvalue weighted by Gasteiger charge is -2.22. The highest BCUT2D eigenvalue weighted by atomic mass is 32.1. The number of nitrogens with zero attached hydrogens (tertiary/aromatic N) is 3. The molecule has 1 saturated heterocycles. The monoisotopic (exact) mass is 411 g/mol. The molecule has 152 valence electrons. The standard InChI is InChI=1S/C21H25N5O2S/c1-25-11-16(20(27)23-10-15-6-9-29-14-15)2-4-18(13-25)24-21(28)17-3-5-19-22-7-8-26(19)12-17/h3,5-9,12,14,16,18H,2,4,10-11,13H2,1H3,(H,23,27)(H,24,28)/t16-,18+/m1/s1. The fraction of sp³-hybridized carbons (Fsp3) is 0.381. The van der Waals surface area contributed by atoms with Crippen LogP contribution in [0.4, 0.5) is 0 Å². The normalized spacial score (nSPS) is 20.3. The van der Waals surface area contributed by atoms with Crippen molar-refractivity contribution >= 4 is 28.8 Å². The van der Waals surface area contributed by atoms with E-state index in [4.69, 9.17) is 0 Å². The Morgan fingerprint density at radius 2 is 2.14 bits per heavy atom. The van der Waals surface area contributed by atoms with Gasteiger partial charge in [0, 0.05) is 44.3 Å². The van der Waals surface area contributed by atoms with Gasteiger partial charge in [0.25, 0.3) is 5.91 Å². The molecule has 7 nitrogen and oxygen atoms in total. The van der Waals surface area contributed by atoms with Gasteiger partial charge >= 0.3 is 0 Å². The summed E-state index contributed by atoms with van der Waals surface area (Å²) in [6.07, 6.45) is 6.86. The number of likely N-dealkylation sites (tertiary alicyclic amines) is 1. The number of imidazole rings is 1. The Hall–Kier alpha value is -2.71. The lowest BCUT2D eigenvalue weighted by atomic mass is 10.0. The lowest BCUT2D eigenvalue weighted by molar-refractivity contribution is -0.125. The first-order chi connectivity index (χ1) is 14.1. The maximum atomic E-state index is 12.7. The number of nitrogens with one attached hydrogen (secondary N) is 2. The molecule has 2 N–H and O–H groups in total. The Balaban J connectivity index is 1.33. The number of fused-ring (bicyclic) bond motifs is 1. The fourth-order valence-corrected chi connectivity index (χ4v) is 4.46. The SMILES string of the molecule is CN1C[C@@H](NC(=O)c2ccc3nccn3c2)CC[C@@H](C(=O)NCc2ccsc2)C1. The first-order valence-corrected chi connectivity index (χ1v) is 10.7. The third-order valence-electron chi connectivity index (χ3n) is 5.33. The summed E-state index contributed by atoms with van der Waals surface area (Å²) in [6, 6.07) is 5.66. The van der Waals surface area contributed by atoms with E-state index in [1.165, 1.54) is 0 Å². The van der Waals surface area contributed by atoms with Gasteiger partial charge in [0.05, 0.1) is 11.5 Å². The van der Waals surface area contributed by atoms with Gasteiger partial charge in [-0.05, 0) is 54.4 Å². The summed E-state index contributed by atoms with van der Waals surface area (Å²) < 4.78 is 1.84. The molecule has 1 aliphatic rings. The van der Waals surface area contributed by atoms with Crippen LogP contribution in [0.1, 0.15) is 28.8 Å². The average molecular weight is 412 g/mol. The Morgan fingerprint density at radius 3 is 2.97 bits per heavy atom. The lowest BCUT2D eigenvalue weighted by Crippen LogP contribution is -2.42. The number of thiophene rings is 1. The van der Waals surface area contributed by atoms with Gasteiger partial charge in [0.2, 0.25) is 5.91 Å². The van der Waals surface area contributed by atoms with Crippen LogP contribution in [-0.2, 0) is 11.3 Å². The molecule has 1 aliphatic heterocycles. The number of amides is 2. The largest absolute Gasteiger partial charge is 0.352 e. The second-order valence-corrected chi connectivity index (χ2v) is 8.41. The first kappa shape index (κ1) is 19.6. The van der Waals surface area contributed by atoms with E-state index in [1.807, 2.05) is 40.5 Å². The van der Waals surface area contributed by atoms with Crippen molar-refractivity contribution in [1.82, 2.24) is 24.9 Å². The fourth-order valence-electron chi connectivity index (χ4n) is 3.79. The molecule has 0 saturated carbocycles. The molecule has 0 bridgehead atoms. The number of aromatic nitrogens is 2. The van der Waals surface area contributed by atoms with Crippen molar-refractivity contribution in [2.24, 2.45) is 5.92 Å². The average Bonchev–Trinajstić information content (AvgIpc) is 3.36. The summed E-state index contributed by atoms with van der Waals surface area (Å²) in [5.74, 6) is -0.0808. The van der Waals surface area contributed by atoms with Crippen LogP contribution in [0.3, 0.4) is 0 Å². The molecule has 0 unspecified atom stereocenters. The van der Waals surface area contributed by atoms with Crippen molar-refractivity contribution < 1.29 is 9.59 Å². The topological polar surface area (TPSA) is 78.7 Å². The van der Waals surface area contributed by atoms with Crippen molar-refractivity contribution in [2.75, 3.05) is 20.1 Å². The molecule has 0 aliphatic carbocycles. The minimum atomic E-state index is -0.0978. The summed E-state index contributed by atoms with van der Waals surface area (Å²) in [5.41, 5.74) is 2.55. The van der Waals surface area contributed by atoms with Crippen LogP contribution in [0.5, 0.6) is 0 Å². The number of carbonyl (C=O) groups is 2. The van der Waals surface area contributed by atoms with Crippen molar-refractivity contribution in [3.8, 4) is 0 Å². The van der Waals surface area contributed by atoms with Crippen molar-refractivity contribution in [1.29, 1.82) is 0 Å². The highest BCUT2D eigenvalue weighted by Gasteiger charge is 2.27. The van der Waals surface area contributed by atoms with Crippen molar-refractivity contribution in [3.05, 3.63) is 58.7 Å². The zero-order valence-corrected chi connectivity index (χ0v) is 17.2. The van der Waals surface area contributed by atoms with Crippen molar-refractivity contribution in [3.63, 3.8) is 0 Å². The Kier molecular flexibility index (Phi) is 5.92. The number of hydrogen-bond acceptors (Lipinski definition) is 5. The molecule has 4 rings (SSSR count). The quantitative estimate of drug-likeness (QED) is 0.674. The minimum absolute atomic E-state index is 0.0145. The van der Waals surface area contributed by atoms with Crippen LogP contribution in [0.25, 0.3) is 5.65 Å². The van der Waals surface area contributed by atoms with Gasteiger partial charge in [0.1, 0.15) is 5.65 Å². The van der Waals surface area contributed by atoms with E-state index in [-0.39, 0.29) is 23.8 Å². The Labute approximate surface area is 173 Å². The first-order valence-electron chi connectivity index (χ1n) is 9.79. The van der Waals surface area contributed by atoms with Gasteiger partial charge in [-0.3, -0.25) is 9.59 Å². The van der Waals surface area contributed by atoms with Gasteiger partial charge in [-0.15, -0.1) is 0 Å². The van der Waals surface area contributed by atoms with Crippen LogP contribution < -0.4 is 10.6 Å². The summed E-state index contributed by atoms with van der Waals surface area (Å²) in [5, 5.41) is 10.2. The second kappa shape index (κ2) is 8.75. The molecule has 4 heterocycles. The molecule has 8 heteroatoms. The van der Waals surface area contributed by atoms with Crippen LogP contribution in [0, 0.1) is 5.92 Å². The van der Waals surface area contributed by atoms with Gasteiger partial charge in [-0.25, -0.2) is 4.98 Å². The molecule has 3 aromatic heterocycles.